The van der Waals surface area contributed by atoms with Crippen molar-refractivity contribution in [2.75, 3.05) is 11.6 Å². The number of nitrogens with one attached hydrogen (secondary N) is 1. The summed E-state index contributed by atoms with van der Waals surface area (Å²) in [5.41, 5.74) is 2.30. The lowest BCUT2D eigenvalue weighted by atomic mass is 10.1. The van der Waals surface area contributed by atoms with Crippen LogP contribution in [0, 0.1) is 0 Å². The first-order valence-corrected chi connectivity index (χ1v) is 9.22. The van der Waals surface area contributed by atoms with Crippen LogP contribution in [-0.2, 0) is 11.2 Å². The molecule has 1 amide bonds. The first kappa shape index (κ1) is 17.4. The van der Waals surface area contributed by atoms with Crippen LogP contribution in [0.15, 0.2) is 55.2 Å². The Morgan fingerprint density at radius 2 is 2.08 bits per heavy atom. The molecule has 0 radical (unpaired) electrons. The fourth-order valence-electron chi connectivity index (χ4n) is 2.29. The predicted octanol–water partition coefficient (Wildman–Crippen LogP) is 3.23. The molecule has 25 heavy (non-hydrogen) atoms. The Morgan fingerprint density at radius 1 is 1.28 bits per heavy atom. The van der Waals surface area contributed by atoms with Gasteiger partial charge in [0.05, 0.1) is 29.0 Å². The molecule has 0 aliphatic carbocycles. The Labute approximate surface area is 154 Å². The van der Waals surface area contributed by atoms with E-state index in [-0.39, 0.29) is 16.3 Å². The van der Waals surface area contributed by atoms with Crippen molar-refractivity contribution in [2.24, 2.45) is 0 Å². The van der Waals surface area contributed by atoms with Crippen LogP contribution in [0.2, 0.25) is 5.15 Å². The van der Waals surface area contributed by atoms with E-state index in [0.29, 0.717) is 12.1 Å². The third-order valence-corrected chi connectivity index (χ3v) is 4.81. The van der Waals surface area contributed by atoms with E-state index in [0.717, 1.165) is 11.3 Å². The molecule has 1 unspecified atom stereocenters. The number of thioether (sulfide) groups is 1. The Bertz CT molecular complexity index is 841. The highest BCUT2D eigenvalue weighted by Crippen LogP contribution is 2.23. The number of hydrogen-bond donors (Lipinski definition) is 1. The van der Waals surface area contributed by atoms with E-state index >= 15 is 0 Å². The lowest BCUT2D eigenvalue weighted by Crippen LogP contribution is -2.27. The summed E-state index contributed by atoms with van der Waals surface area (Å²) in [7, 11) is 0. The van der Waals surface area contributed by atoms with Gasteiger partial charge in [0.2, 0.25) is 5.91 Å². The molecule has 0 saturated carbocycles. The van der Waals surface area contributed by atoms with Crippen LogP contribution in [0.3, 0.4) is 0 Å². The molecule has 1 N–H and O–H groups in total. The summed E-state index contributed by atoms with van der Waals surface area (Å²) in [4.78, 5) is 20.6. The van der Waals surface area contributed by atoms with E-state index in [9.17, 15) is 4.79 Å². The number of hydrogen-bond acceptors (Lipinski definition) is 5. The van der Waals surface area contributed by atoms with Gasteiger partial charge in [-0.15, -0.1) is 0 Å². The van der Waals surface area contributed by atoms with Crippen LogP contribution in [0.5, 0.6) is 0 Å². The number of amides is 1. The third-order valence-electron chi connectivity index (χ3n) is 3.58. The summed E-state index contributed by atoms with van der Waals surface area (Å²) in [5, 5.41) is 7.08. The monoisotopic (exact) mass is 373 g/mol. The molecule has 3 aromatic heterocycles. The van der Waals surface area contributed by atoms with E-state index in [4.69, 9.17) is 11.6 Å². The molecule has 1 atom stereocenters. The number of aromatic nitrogens is 4. The minimum Gasteiger partial charge on any atom is -0.321 e. The second-order valence-electron chi connectivity index (χ2n) is 5.26. The van der Waals surface area contributed by atoms with E-state index in [2.05, 4.69) is 20.4 Å². The van der Waals surface area contributed by atoms with Gasteiger partial charge in [0.25, 0.3) is 0 Å². The van der Waals surface area contributed by atoms with E-state index in [1.54, 1.807) is 35.7 Å². The summed E-state index contributed by atoms with van der Waals surface area (Å²) in [6, 6.07) is 7.48. The molecule has 0 fully saturated rings. The minimum atomic E-state index is -0.236. The second-order valence-corrected chi connectivity index (χ2v) is 6.66. The molecule has 3 heterocycles. The Hall–Kier alpha value is -2.38. The quantitative estimate of drug-likeness (QED) is 0.718. The molecule has 8 heteroatoms. The zero-order valence-corrected chi connectivity index (χ0v) is 15.0. The van der Waals surface area contributed by atoms with Gasteiger partial charge in [-0.25, -0.2) is 4.68 Å². The highest BCUT2D eigenvalue weighted by molar-refractivity contribution is 7.99. The van der Waals surface area contributed by atoms with Crippen LogP contribution in [0.25, 0.3) is 5.69 Å². The molecule has 0 aliphatic heterocycles. The van der Waals surface area contributed by atoms with Crippen LogP contribution in [0.4, 0.5) is 5.69 Å². The average Bonchev–Trinajstić information content (AvgIpc) is 3.02. The highest BCUT2D eigenvalue weighted by Gasteiger charge is 2.20. The van der Waals surface area contributed by atoms with Gasteiger partial charge in [0.15, 0.2) is 5.15 Å². The molecular weight excluding hydrogens is 358 g/mol. The van der Waals surface area contributed by atoms with Crippen molar-refractivity contribution >= 4 is 35.0 Å². The molecule has 0 bridgehead atoms. The second kappa shape index (κ2) is 8.13. The van der Waals surface area contributed by atoms with Crippen LogP contribution in [-0.4, -0.2) is 37.2 Å². The standard InChI is InChI=1S/C17H16ClN5OS/c1-25-15(9-12-4-7-19-8-5-12)17(24)21-14-11-23(22-16(14)18)13-3-2-6-20-10-13/h2-8,10-11,15H,9H2,1H3,(H,21,24). The Morgan fingerprint density at radius 3 is 2.76 bits per heavy atom. The Kier molecular flexibility index (Phi) is 5.67. The van der Waals surface area contributed by atoms with Crippen LogP contribution >= 0.6 is 23.4 Å². The van der Waals surface area contributed by atoms with Crippen LogP contribution < -0.4 is 5.32 Å². The summed E-state index contributed by atoms with van der Waals surface area (Å²) in [6.07, 6.45) is 11.0. The summed E-state index contributed by atoms with van der Waals surface area (Å²) >= 11 is 7.65. The molecule has 0 spiro atoms. The molecular formula is C17H16ClN5OS. The van der Waals surface area contributed by atoms with Crippen molar-refractivity contribution in [3.8, 4) is 5.69 Å². The number of carbonyl (C=O) groups is 1. The fourth-order valence-corrected chi connectivity index (χ4v) is 3.10. The van der Waals surface area contributed by atoms with Gasteiger partial charge in [-0.1, -0.05) is 11.6 Å². The van der Waals surface area contributed by atoms with E-state index in [1.807, 2.05) is 30.5 Å². The highest BCUT2D eigenvalue weighted by atomic mass is 35.5. The normalized spacial score (nSPS) is 11.9. The van der Waals surface area contributed by atoms with Crippen molar-refractivity contribution in [2.45, 2.75) is 11.7 Å². The molecule has 3 aromatic rings. The Balaban J connectivity index is 1.72. The summed E-state index contributed by atoms with van der Waals surface area (Å²) in [5.74, 6) is -0.114. The lowest BCUT2D eigenvalue weighted by molar-refractivity contribution is -0.115. The smallest absolute Gasteiger partial charge is 0.237 e. The lowest BCUT2D eigenvalue weighted by Gasteiger charge is -2.14. The number of anilines is 1. The third kappa shape index (κ3) is 4.37. The van der Waals surface area contributed by atoms with Gasteiger partial charge >= 0.3 is 0 Å². The molecule has 6 nitrogen and oxygen atoms in total. The topological polar surface area (TPSA) is 72.7 Å². The van der Waals surface area contributed by atoms with Gasteiger partial charge in [0.1, 0.15) is 0 Å². The van der Waals surface area contributed by atoms with E-state index < -0.39 is 0 Å². The maximum atomic E-state index is 12.6. The summed E-state index contributed by atoms with van der Waals surface area (Å²) < 4.78 is 1.59. The van der Waals surface area contributed by atoms with Gasteiger partial charge < -0.3 is 5.32 Å². The number of pyridine rings is 2. The molecule has 3 rings (SSSR count). The SMILES string of the molecule is CSC(Cc1ccncc1)C(=O)Nc1cn(-c2cccnc2)nc1Cl. The molecule has 0 saturated heterocycles. The maximum Gasteiger partial charge on any atom is 0.237 e. The van der Waals surface area contributed by atoms with Crippen LogP contribution in [0.1, 0.15) is 5.56 Å². The molecule has 0 aromatic carbocycles. The van der Waals surface area contributed by atoms with Crippen molar-refractivity contribution in [3.05, 3.63) is 66.0 Å². The van der Waals surface area contributed by atoms with Crippen molar-refractivity contribution in [3.63, 3.8) is 0 Å². The van der Waals surface area contributed by atoms with Gasteiger partial charge in [-0.3, -0.25) is 14.8 Å². The predicted molar refractivity (Wildman–Crippen MR) is 100 cm³/mol. The summed E-state index contributed by atoms with van der Waals surface area (Å²) in [6.45, 7) is 0. The number of nitrogens with zero attached hydrogens (tertiary/aromatic N) is 4. The number of halogens is 1. The molecule has 128 valence electrons. The largest absolute Gasteiger partial charge is 0.321 e. The average molecular weight is 374 g/mol. The maximum absolute atomic E-state index is 12.6. The minimum absolute atomic E-state index is 0.114. The fraction of sp³-hybridized carbons (Fsp3) is 0.176. The number of rotatable bonds is 6. The first-order valence-electron chi connectivity index (χ1n) is 7.55. The van der Waals surface area contributed by atoms with Gasteiger partial charge in [-0.05, 0) is 42.5 Å². The van der Waals surface area contributed by atoms with Crippen molar-refractivity contribution < 1.29 is 4.79 Å². The number of carbonyl (C=O) groups excluding carboxylic acids is 1. The first-order chi connectivity index (χ1) is 12.2. The van der Waals surface area contributed by atoms with Gasteiger partial charge in [0, 0.05) is 18.6 Å². The molecule has 0 aliphatic rings. The zero-order valence-electron chi connectivity index (χ0n) is 13.5. The zero-order chi connectivity index (χ0) is 17.6. The van der Waals surface area contributed by atoms with Crippen molar-refractivity contribution in [1.29, 1.82) is 0 Å². The van der Waals surface area contributed by atoms with Crippen molar-refractivity contribution in [1.82, 2.24) is 19.7 Å². The van der Waals surface area contributed by atoms with Gasteiger partial charge in [-0.2, -0.15) is 16.9 Å². The van der Waals surface area contributed by atoms with E-state index in [1.165, 1.54) is 11.8 Å².